The molecule has 2 unspecified atom stereocenters. The topological polar surface area (TPSA) is 63.6 Å². The Bertz CT molecular complexity index is 615. The first kappa shape index (κ1) is 12.9. The molecule has 2 aliphatic rings. The Morgan fingerprint density at radius 1 is 1.40 bits per heavy atom. The van der Waals surface area contributed by atoms with Gasteiger partial charge in [-0.2, -0.15) is 0 Å². The smallest absolute Gasteiger partial charge is 0.311 e. The van der Waals surface area contributed by atoms with E-state index in [2.05, 4.69) is 0 Å². The van der Waals surface area contributed by atoms with E-state index in [1.54, 1.807) is 19.3 Å². The quantitative estimate of drug-likeness (QED) is 0.899. The first-order chi connectivity index (χ1) is 9.60. The Kier molecular flexibility index (Phi) is 3.08. The molecular formula is C16H16O4. The number of carboxylic acid groups (broad SMARTS) is 1. The second-order valence-corrected chi connectivity index (χ2v) is 5.38. The largest absolute Gasteiger partial charge is 0.497 e. The second-order valence-electron chi connectivity index (χ2n) is 5.38. The van der Waals surface area contributed by atoms with E-state index in [0.29, 0.717) is 18.6 Å². The molecule has 0 aromatic heterocycles. The number of fused-ring (bicyclic) bond motifs is 3. The van der Waals surface area contributed by atoms with Crippen molar-refractivity contribution in [1.29, 1.82) is 0 Å². The Morgan fingerprint density at radius 2 is 2.20 bits per heavy atom. The molecule has 0 saturated heterocycles. The van der Waals surface area contributed by atoms with Gasteiger partial charge < -0.3 is 9.84 Å². The molecule has 1 aromatic carbocycles. The fourth-order valence-corrected chi connectivity index (χ4v) is 3.24. The third kappa shape index (κ3) is 2.01. The number of methoxy groups -OCH3 is 1. The SMILES string of the molecule is COc1ccc2c(c1)C(C(=O)O)CC1CCC(=O)C=C21. The molecule has 0 bridgehead atoms. The zero-order chi connectivity index (χ0) is 14.3. The lowest BCUT2D eigenvalue weighted by molar-refractivity contribution is -0.139. The van der Waals surface area contributed by atoms with Gasteiger partial charge in [0.15, 0.2) is 5.78 Å². The third-order valence-electron chi connectivity index (χ3n) is 4.26. The number of allylic oxidation sites excluding steroid dienone is 2. The first-order valence-electron chi connectivity index (χ1n) is 6.75. The van der Waals surface area contributed by atoms with E-state index in [0.717, 1.165) is 23.1 Å². The Balaban J connectivity index is 2.17. The summed E-state index contributed by atoms with van der Waals surface area (Å²) in [5.41, 5.74) is 2.65. The number of ether oxygens (including phenoxy) is 1. The Morgan fingerprint density at radius 3 is 2.90 bits per heavy atom. The average molecular weight is 272 g/mol. The van der Waals surface area contributed by atoms with Crippen LogP contribution in [0.4, 0.5) is 0 Å². The highest BCUT2D eigenvalue weighted by Gasteiger charge is 2.36. The van der Waals surface area contributed by atoms with Gasteiger partial charge >= 0.3 is 5.97 Å². The molecule has 0 fully saturated rings. The minimum absolute atomic E-state index is 0.131. The van der Waals surface area contributed by atoms with Gasteiger partial charge in [-0.3, -0.25) is 9.59 Å². The number of rotatable bonds is 2. The van der Waals surface area contributed by atoms with Crippen molar-refractivity contribution < 1.29 is 19.4 Å². The van der Waals surface area contributed by atoms with Crippen LogP contribution in [0.15, 0.2) is 24.3 Å². The van der Waals surface area contributed by atoms with Gasteiger partial charge in [0, 0.05) is 6.42 Å². The number of carbonyl (C=O) groups is 2. The fourth-order valence-electron chi connectivity index (χ4n) is 3.24. The standard InChI is InChI=1S/C16H16O4/c1-20-11-4-5-12-13-7-10(17)3-2-9(13)6-15(16(18)19)14(12)8-11/h4-5,7-9,15H,2-3,6H2,1H3,(H,18,19). The summed E-state index contributed by atoms with van der Waals surface area (Å²) in [5.74, 6) is -0.372. The molecule has 0 spiro atoms. The summed E-state index contributed by atoms with van der Waals surface area (Å²) in [4.78, 5) is 23.2. The van der Waals surface area contributed by atoms with Crippen LogP contribution in [-0.4, -0.2) is 24.0 Å². The number of ketones is 1. The van der Waals surface area contributed by atoms with Gasteiger partial charge in [0.05, 0.1) is 13.0 Å². The molecule has 104 valence electrons. The summed E-state index contributed by atoms with van der Waals surface area (Å²) in [6, 6.07) is 5.48. The van der Waals surface area contributed by atoms with E-state index in [-0.39, 0.29) is 11.7 Å². The molecule has 0 saturated carbocycles. The summed E-state index contributed by atoms with van der Waals surface area (Å²) >= 11 is 0. The fraction of sp³-hybridized carbons (Fsp3) is 0.375. The van der Waals surface area contributed by atoms with Crippen LogP contribution < -0.4 is 4.74 Å². The highest BCUT2D eigenvalue weighted by molar-refractivity contribution is 6.00. The predicted octanol–water partition coefficient (Wildman–Crippen LogP) is 2.63. The summed E-state index contributed by atoms with van der Waals surface area (Å²) < 4.78 is 5.19. The lowest BCUT2D eigenvalue weighted by atomic mass is 9.69. The van der Waals surface area contributed by atoms with Crippen molar-refractivity contribution in [3.8, 4) is 5.75 Å². The minimum atomic E-state index is -0.810. The zero-order valence-corrected chi connectivity index (χ0v) is 11.3. The lowest BCUT2D eigenvalue weighted by Gasteiger charge is -2.34. The average Bonchev–Trinajstić information content (AvgIpc) is 2.45. The molecule has 4 nitrogen and oxygen atoms in total. The number of benzene rings is 1. The molecule has 1 N–H and O–H groups in total. The number of carboxylic acids is 1. The van der Waals surface area contributed by atoms with Crippen molar-refractivity contribution >= 4 is 17.3 Å². The Labute approximate surface area is 117 Å². The van der Waals surface area contributed by atoms with Gasteiger partial charge in [0.1, 0.15) is 5.75 Å². The highest BCUT2D eigenvalue weighted by atomic mass is 16.5. The Hall–Kier alpha value is -2.10. The molecule has 0 amide bonds. The molecule has 1 aromatic rings. The number of carbonyl (C=O) groups excluding carboxylic acids is 1. The molecule has 0 heterocycles. The third-order valence-corrected chi connectivity index (χ3v) is 4.26. The first-order valence-corrected chi connectivity index (χ1v) is 6.75. The predicted molar refractivity (Wildman–Crippen MR) is 73.7 cm³/mol. The normalized spacial score (nSPS) is 24.4. The van der Waals surface area contributed by atoms with E-state index in [1.807, 2.05) is 12.1 Å². The van der Waals surface area contributed by atoms with E-state index in [1.165, 1.54) is 0 Å². The monoisotopic (exact) mass is 272 g/mol. The lowest BCUT2D eigenvalue weighted by Crippen LogP contribution is -2.26. The molecule has 4 heteroatoms. The van der Waals surface area contributed by atoms with E-state index in [9.17, 15) is 14.7 Å². The summed E-state index contributed by atoms with van der Waals surface area (Å²) in [7, 11) is 1.56. The van der Waals surface area contributed by atoms with E-state index >= 15 is 0 Å². The van der Waals surface area contributed by atoms with Crippen LogP contribution in [0.25, 0.3) is 5.57 Å². The van der Waals surface area contributed by atoms with Crippen LogP contribution in [0.1, 0.15) is 36.3 Å². The van der Waals surface area contributed by atoms with Crippen molar-refractivity contribution in [2.75, 3.05) is 7.11 Å². The zero-order valence-electron chi connectivity index (χ0n) is 11.3. The van der Waals surface area contributed by atoms with Gasteiger partial charge in [0.2, 0.25) is 0 Å². The molecule has 2 atom stereocenters. The highest BCUT2D eigenvalue weighted by Crippen LogP contribution is 2.46. The maximum Gasteiger partial charge on any atom is 0.311 e. The molecular weight excluding hydrogens is 256 g/mol. The molecule has 2 aliphatic carbocycles. The summed E-state index contributed by atoms with van der Waals surface area (Å²) in [6.45, 7) is 0. The van der Waals surface area contributed by atoms with Crippen LogP contribution in [0.3, 0.4) is 0 Å². The van der Waals surface area contributed by atoms with Crippen LogP contribution in [0.2, 0.25) is 0 Å². The second kappa shape index (κ2) is 4.78. The van der Waals surface area contributed by atoms with Gasteiger partial charge in [-0.25, -0.2) is 0 Å². The van der Waals surface area contributed by atoms with Gasteiger partial charge in [-0.15, -0.1) is 0 Å². The van der Waals surface area contributed by atoms with Crippen LogP contribution in [0.5, 0.6) is 5.75 Å². The molecule has 0 aliphatic heterocycles. The molecule has 20 heavy (non-hydrogen) atoms. The number of hydrogen-bond donors (Lipinski definition) is 1. The maximum absolute atomic E-state index is 11.6. The van der Waals surface area contributed by atoms with Crippen molar-refractivity contribution in [2.45, 2.75) is 25.2 Å². The van der Waals surface area contributed by atoms with Crippen molar-refractivity contribution in [2.24, 2.45) is 5.92 Å². The van der Waals surface area contributed by atoms with Gasteiger partial charge in [0.25, 0.3) is 0 Å². The van der Waals surface area contributed by atoms with Gasteiger partial charge in [-0.05, 0) is 53.7 Å². The van der Waals surface area contributed by atoms with Gasteiger partial charge in [-0.1, -0.05) is 6.07 Å². The minimum Gasteiger partial charge on any atom is -0.497 e. The van der Waals surface area contributed by atoms with Crippen LogP contribution in [-0.2, 0) is 9.59 Å². The van der Waals surface area contributed by atoms with E-state index < -0.39 is 11.9 Å². The van der Waals surface area contributed by atoms with Crippen LogP contribution >= 0.6 is 0 Å². The van der Waals surface area contributed by atoms with Crippen molar-refractivity contribution in [3.63, 3.8) is 0 Å². The van der Waals surface area contributed by atoms with E-state index in [4.69, 9.17) is 4.74 Å². The summed E-state index contributed by atoms with van der Waals surface area (Å²) in [5, 5.41) is 9.46. The van der Waals surface area contributed by atoms with Crippen molar-refractivity contribution in [3.05, 3.63) is 35.4 Å². The summed E-state index contributed by atoms with van der Waals surface area (Å²) in [6.07, 6.45) is 3.53. The van der Waals surface area contributed by atoms with Crippen molar-refractivity contribution in [1.82, 2.24) is 0 Å². The van der Waals surface area contributed by atoms with Crippen LogP contribution in [0, 0.1) is 5.92 Å². The number of aliphatic carboxylic acids is 1. The molecule has 3 rings (SSSR count). The number of hydrogen-bond acceptors (Lipinski definition) is 3. The maximum atomic E-state index is 11.6. The molecule has 0 radical (unpaired) electrons.